The minimum atomic E-state index is -0.516. The standard InChI is InChI=1S/C12H17N3O3.ClH/c1-9-5-3-6-10(11(9)15(17)18)12(16)14-8-4-7-13-2;/h3,5-6,13H,4,7-8H2,1-2H3,(H,14,16);1H. The van der Waals surface area contributed by atoms with E-state index >= 15 is 0 Å². The highest BCUT2D eigenvalue weighted by Crippen LogP contribution is 2.22. The number of nitro groups is 1. The number of carbonyl (C=O) groups excluding carboxylic acids is 1. The molecule has 0 bridgehead atoms. The zero-order valence-electron chi connectivity index (χ0n) is 10.9. The number of halogens is 1. The highest BCUT2D eigenvalue weighted by Gasteiger charge is 2.21. The van der Waals surface area contributed by atoms with Crippen molar-refractivity contribution >= 4 is 24.0 Å². The lowest BCUT2D eigenvalue weighted by molar-refractivity contribution is -0.385. The summed E-state index contributed by atoms with van der Waals surface area (Å²) in [5, 5.41) is 16.6. The fourth-order valence-corrected chi connectivity index (χ4v) is 1.65. The summed E-state index contributed by atoms with van der Waals surface area (Å²) >= 11 is 0. The van der Waals surface area contributed by atoms with Crippen molar-refractivity contribution in [2.45, 2.75) is 13.3 Å². The molecule has 106 valence electrons. The number of carbonyl (C=O) groups is 1. The fraction of sp³-hybridized carbons (Fsp3) is 0.417. The van der Waals surface area contributed by atoms with Gasteiger partial charge in [0.2, 0.25) is 0 Å². The molecule has 1 aromatic carbocycles. The number of aryl methyl sites for hydroxylation is 1. The summed E-state index contributed by atoms with van der Waals surface area (Å²) in [7, 11) is 1.83. The van der Waals surface area contributed by atoms with Gasteiger partial charge in [-0.1, -0.05) is 12.1 Å². The van der Waals surface area contributed by atoms with E-state index in [0.29, 0.717) is 12.1 Å². The van der Waals surface area contributed by atoms with Crippen LogP contribution in [-0.2, 0) is 0 Å². The summed E-state index contributed by atoms with van der Waals surface area (Å²) in [6.07, 6.45) is 0.780. The SMILES string of the molecule is CNCCCNC(=O)c1cccc(C)c1[N+](=O)[O-].Cl. The number of para-hydroxylation sites is 1. The minimum Gasteiger partial charge on any atom is -0.352 e. The number of benzene rings is 1. The van der Waals surface area contributed by atoms with Crippen LogP contribution in [0, 0.1) is 17.0 Å². The van der Waals surface area contributed by atoms with Gasteiger partial charge >= 0.3 is 0 Å². The van der Waals surface area contributed by atoms with Gasteiger partial charge in [0.05, 0.1) is 4.92 Å². The summed E-state index contributed by atoms with van der Waals surface area (Å²) in [6, 6.07) is 4.74. The first-order chi connectivity index (χ1) is 8.57. The Morgan fingerprint density at radius 1 is 1.37 bits per heavy atom. The molecular formula is C12H18ClN3O3. The van der Waals surface area contributed by atoms with Crippen LogP contribution in [0.4, 0.5) is 5.69 Å². The van der Waals surface area contributed by atoms with Crippen LogP contribution in [0.1, 0.15) is 22.3 Å². The topological polar surface area (TPSA) is 84.3 Å². The van der Waals surface area contributed by atoms with Gasteiger partial charge in [0.1, 0.15) is 5.56 Å². The van der Waals surface area contributed by atoms with Crippen molar-refractivity contribution in [1.29, 1.82) is 0 Å². The molecule has 1 rings (SSSR count). The fourth-order valence-electron chi connectivity index (χ4n) is 1.65. The average Bonchev–Trinajstić information content (AvgIpc) is 2.33. The van der Waals surface area contributed by atoms with Gasteiger partial charge in [-0.05, 0) is 33.0 Å². The molecular weight excluding hydrogens is 270 g/mol. The number of hydrogen-bond acceptors (Lipinski definition) is 4. The zero-order valence-corrected chi connectivity index (χ0v) is 11.8. The summed E-state index contributed by atoms with van der Waals surface area (Å²) in [6.45, 7) is 2.90. The minimum absolute atomic E-state index is 0. The first-order valence-corrected chi connectivity index (χ1v) is 5.74. The maximum absolute atomic E-state index is 11.8. The molecule has 6 nitrogen and oxygen atoms in total. The molecule has 0 aliphatic rings. The quantitative estimate of drug-likeness (QED) is 0.473. The normalized spacial score (nSPS) is 9.58. The molecule has 0 saturated heterocycles. The number of rotatable bonds is 6. The van der Waals surface area contributed by atoms with Crippen molar-refractivity contribution in [1.82, 2.24) is 10.6 Å². The maximum atomic E-state index is 11.8. The molecule has 0 atom stereocenters. The molecule has 0 fully saturated rings. The Bertz CT molecular complexity index is 452. The number of amides is 1. The summed E-state index contributed by atoms with van der Waals surface area (Å²) in [5.41, 5.74) is 0.482. The van der Waals surface area contributed by atoms with Gasteiger partial charge in [0.25, 0.3) is 11.6 Å². The third kappa shape index (κ3) is 4.84. The molecule has 1 amide bonds. The Labute approximate surface area is 118 Å². The second-order valence-corrected chi connectivity index (χ2v) is 3.94. The zero-order chi connectivity index (χ0) is 13.5. The second-order valence-electron chi connectivity index (χ2n) is 3.94. The molecule has 0 aliphatic heterocycles. The molecule has 0 unspecified atom stereocenters. The van der Waals surface area contributed by atoms with Crippen LogP contribution in [-0.4, -0.2) is 31.0 Å². The Kier molecular flexibility index (Phi) is 7.71. The summed E-state index contributed by atoms with van der Waals surface area (Å²) < 4.78 is 0. The van der Waals surface area contributed by atoms with Gasteiger partial charge in [0, 0.05) is 12.1 Å². The van der Waals surface area contributed by atoms with E-state index in [1.807, 2.05) is 7.05 Å². The van der Waals surface area contributed by atoms with Gasteiger partial charge in [0.15, 0.2) is 0 Å². The summed E-state index contributed by atoms with van der Waals surface area (Å²) in [4.78, 5) is 22.3. The van der Waals surface area contributed by atoms with E-state index in [2.05, 4.69) is 10.6 Å². The van der Waals surface area contributed by atoms with E-state index in [-0.39, 0.29) is 23.7 Å². The Balaban J connectivity index is 0.00000324. The number of nitrogens with zero attached hydrogens (tertiary/aromatic N) is 1. The Morgan fingerprint density at radius 3 is 2.63 bits per heavy atom. The Hall–Kier alpha value is -1.66. The van der Waals surface area contributed by atoms with Crippen molar-refractivity contribution in [2.75, 3.05) is 20.1 Å². The van der Waals surface area contributed by atoms with Crippen LogP contribution in [0.2, 0.25) is 0 Å². The van der Waals surface area contributed by atoms with Crippen LogP contribution in [0.15, 0.2) is 18.2 Å². The molecule has 2 N–H and O–H groups in total. The average molecular weight is 288 g/mol. The highest BCUT2D eigenvalue weighted by molar-refractivity contribution is 5.98. The number of nitro benzene ring substituents is 1. The van der Waals surface area contributed by atoms with Gasteiger partial charge in [-0.3, -0.25) is 14.9 Å². The first-order valence-electron chi connectivity index (χ1n) is 5.74. The molecule has 1 aromatic rings. The van der Waals surface area contributed by atoms with Crippen LogP contribution < -0.4 is 10.6 Å². The van der Waals surface area contributed by atoms with Crippen LogP contribution in [0.3, 0.4) is 0 Å². The van der Waals surface area contributed by atoms with Gasteiger partial charge < -0.3 is 10.6 Å². The molecule has 19 heavy (non-hydrogen) atoms. The second kappa shape index (κ2) is 8.44. The van der Waals surface area contributed by atoms with E-state index in [1.165, 1.54) is 6.07 Å². The van der Waals surface area contributed by atoms with Gasteiger partial charge in [-0.2, -0.15) is 0 Å². The molecule has 0 aliphatic carbocycles. The van der Waals surface area contributed by atoms with Gasteiger partial charge in [-0.15, -0.1) is 12.4 Å². The van der Waals surface area contributed by atoms with E-state index in [0.717, 1.165) is 13.0 Å². The third-order valence-electron chi connectivity index (χ3n) is 2.55. The van der Waals surface area contributed by atoms with Crippen molar-refractivity contribution in [3.05, 3.63) is 39.4 Å². The summed E-state index contributed by atoms with van der Waals surface area (Å²) in [5.74, 6) is -0.401. The van der Waals surface area contributed by atoms with Crippen molar-refractivity contribution in [2.24, 2.45) is 0 Å². The van der Waals surface area contributed by atoms with Crippen LogP contribution >= 0.6 is 12.4 Å². The molecule has 0 spiro atoms. The predicted octanol–water partition coefficient (Wildman–Crippen LogP) is 1.66. The molecule has 0 heterocycles. The van der Waals surface area contributed by atoms with Crippen LogP contribution in [0.25, 0.3) is 0 Å². The highest BCUT2D eigenvalue weighted by atomic mass is 35.5. The van der Waals surface area contributed by atoms with E-state index in [1.54, 1.807) is 19.1 Å². The molecule has 0 radical (unpaired) electrons. The monoisotopic (exact) mass is 287 g/mol. The first kappa shape index (κ1) is 17.3. The lowest BCUT2D eigenvalue weighted by Gasteiger charge is -2.06. The van der Waals surface area contributed by atoms with E-state index < -0.39 is 10.8 Å². The smallest absolute Gasteiger partial charge is 0.285 e. The maximum Gasteiger partial charge on any atom is 0.285 e. The predicted molar refractivity (Wildman–Crippen MR) is 76.0 cm³/mol. The lowest BCUT2D eigenvalue weighted by Crippen LogP contribution is -2.27. The van der Waals surface area contributed by atoms with Crippen molar-refractivity contribution in [3.63, 3.8) is 0 Å². The van der Waals surface area contributed by atoms with Crippen LogP contribution in [0.5, 0.6) is 0 Å². The molecule has 0 saturated carbocycles. The number of hydrogen-bond donors (Lipinski definition) is 2. The van der Waals surface area contributed by atoms with Crippen molar-refractivity contribution < 1.29 is 9.72 Å². The molecule has 7 heteroatoms. The lowest BCUT2D eigenvalue weighted by atomic mass is 10.1. The van der Waals surface area contributed by atoms with E-state index in [4.69, 9.17) is 0 Å². The Morgan fingerprint density at radius 2 is 2.05 bits per heavy atom. The van der Waals surface area contributed by atoms with Crippen molar-refractivity contribution in [3.8, 4) is 0 Å². The number of nitrogens with one attached hydrogen (secondary N) is 2. The third-order valence-corrected chi connectivity index (χ3v) is 2.55. The largest absolute Gasteiger partial charge is 0.352 e. The van der Waals surface area contributed by atoms with E-state index in [9.17, 15) is 14.9 Å². The van der Waals surface area contributed by atoms with Gasteiger partial charge in [-0.25, -0.2) is 0 Å². The molecule has 0 aromatic heterocycles.